The van der Waals surface area contributed by atoms with Gasteiger partial charge in [-0.1, -0.05) is 30.3 Å². The molecule has 9 nitrogen and oxygen atoms in total. The summed E-state index contributed by atoms with van der Waals surface area (Å²) in [5.41, 5.74) is 1.08. The van der Waals surface area contributed by atoms with Crippen LogP contribution in [-0.4, -0.2) is 33.5 Å². The van der Waals surface area contributed by atoms with Crippen LogP contribution in [0, 0.1) is 10.1 Å². The molecule has 2 aromatic carbocycles. The number of hydrogen-bond donors (Lipinski definition) is 1. The second kappa shape index (κ2) is 8.32. The van der Waals surface area contributed by atoms with E-state index in [1.807, 2.05) is 35.2 Å². The summed E-state index contributed by atoms with van der Waals surface area (Å²) in [5, 5.41) is 14.0. The molecule has 4 rings (SSSR count). The average molecular weight is 407 g/mol. The molecule has 0 atom stereocenters. The van der Waals surface area contributed by atoms with Gasteiger partial charge in [0.05, 0.1) is 16.0 Å². The number of non-ortho nitro benzene ring substituents is 1. The number of nitrogens with zero attached hydrogens (tertiary/aromatic N) is 4. The lowest BCUT2D eigenvalue weighted by Crippen LogP contribution is -2.36. The van der Waals surface area contributed by atoms with E-state index in [4.69, 9.17) is 0 Å². The highest BCUT2D eigenvalue weighted by Gasteiger charge is 2.22. The molecule has 9 heteroatoms. The van der Waals surface area contributed by atoms with Gasteiger partial charge in [-0.25, -0.2) is 4.98 Å². The average Bonchev–Trinajstić information content (AvgIpc) is 3.29. The van der Waals surface area contributed by atoms with Crippen LogP contribution < -0.4 is 15.8 Å². The summed E-state index contributed by atoms with van der Waals surface area (Å²) in [6.45, 7) is 1.53. The zero-order valence-electron chi connectivity index (χ0n) is 16.3. The molecule has 1 aromatic heterocycles. The van der Waals surface area contributed by atoms with Crippen LogP contribution in [0.4, 0.5) is 11.5 Å². The van der Waals surface area contributed by atoms with Gasteiger partial charge >= 0.3 is 0 Å². The summed E-state index contributed by atoms with van der Waals surface area (Å²) in [5.74, 6) is -0.0722. The molecule has 0 unspecified atom stereocenters. The van der Waals surface area contributed by atoms with Crippen LogP contribution in [0.5, 0.6) is 0 Å². The van der Waals surface area contributed by atoms with Crippen molar-refractivity contribution in [3.63, 3.8) is 0 Å². The van der Waals surface area contributed by atoms with Crippen molar-refractivity contribution in [3.05, 3.63) is 74.6 Å². The quantitative estimate of drug-likeness (QED) is 0.496. The fourth-order valence-electron chi connectivity index (χ4n) is 3.62. The number of anilines is 1. The van der Waals surface area contributed by atoms with E-state index in [0.29, 0.717) is 12.1 Å². The number of nitrogens with one attached hydrogen (secondary N) is 1. The van der Waals surface area contributed by atoms with Crippen molar-refractivity contribution in [2.45, 2.75) is 25.9 Å². The predicted molar refractivity (Wildman–Crippen MR) is 112 cm³/mol. The maximum absolute atomic E-state index is 13.2. The van der Waals surface area contributed by atoms with Gasteiger partial charge in [0.25, 0.3) is 11.2 Å². The highest BCUT2D eigenvalue weighted by Crippen LogP contribution is 2.22. The first kappa shape index (κ1) is 19.6. The number of hydrogen-bond acceptors (Lipinski definition) is 6. The third-order valence-corrected chi connectivity index (χ3v) is 5.16. The molecule has 1 saturated heterocycles. The summed E-state index contributed by atoms with van der Waals surface area (Å²) in [6.07, 6.45) is 1.94. The van der Waals surface area contributed by atoms with Gasteiger partial charge in [0.2, 0.25) is 5.91 Å². The molecular formula is C21H21N5O4. The number of aromatic nitrogens is 2. The van der Waals surface area contributed by atoms with E-state index in [2.05, 4.69) is 10.3 Å². The maximum Gasteiger partial charge on any atom is 0.294 e. The van der Waals surface area contributed by atoms with Crippen molar-refractivity contribution in [2.75, 3.05) is 18.0 Å². The largest absolute Gasteiger partial charge is 0.352 e. The van der Waals surface area contributed by atoms with Crippen LogP contribution in [0.2, 0.25) is 0 Å². The molecule has 0 spiro atoms. The van der Waals surface area contributed by atoms with Gasteiger partial charge < -0.3 is 10.2 Å². The molecule has 0 bridgehead atoms. The highest BCUT2D eigenvalue weighted by molar-refractivity contribution is 5.82. The lowest BCUT2D eigenvalue weighted by Gasteiger charge is -2.18. The summed E-state index contributed by atoms with van der Waals surface area (Å²) < 4.78 is 1.28. The zero-order chi connectivity index (χ0) is 21.1. The normalized spacial score (nSPS) is 13.5. The summed E-state index contributed by atoms with van der Waals surface area (Å²) in [7, 11) is 0. The van der Waals surface area contributed by atoms with Gasteiger partial charge in [0.1, 0.15) is 6.54 Å². The second-order valence-corrected chi connectivity index (χ2v) is 7.21. The molecule has 0 saturated carbocycles. The first-order valence-corrected chi connectivity index (χ1v) is 9.77. The minimum absolute atomic E-state index is 0.156. The summed E-state index contributed by atoms with van der Waals surface area (Å²) >= 11 is 0. The van der Waals surface area contributed by atoms with Gasteiger partial charge in [0, 0.05) is 31.8 Å². The first-order chi connectivity index (χ1) is 14.5. The van der Waals surface area contributed by atoms with E-state index in [9.17, 15) is 19.7 Å². The molecule has 154 valence electrons. The molecule has 1 aliphatic rings. The van der Waals surface area contributed by atoms with Crippen LogP contribution in [-0.2, 0) is 17.9 Å². The van der Waals surface area contributed by atoms with Crippen molar-refractivity contribution in [1.82, 2.24) is 14.9 Å². The fraction of sp³-hybridized carbons (Fsp3) is 0.286. The molecule has 3 aromatic rings. The third-order valence-electron chi connectivity index (χ3n) is 5.16. The molecule has 1 aliphatic heterocycles. The van der Waals surface area contributed by atoms with E-state index in [-0.39, 0.29) is 29.5 Å². The summed E-state index contributed by atoms with van der Waals surface area (Å²) in [4.78, 5) is 42.8. The van der Waals surface area contributed by atoms with Crippen LogP contribution in [0.15, 0.2) is 53.3 Å². The van der Waals surface area contributed by atoms with Gasteiger partial charge in [-0.2, -0.15) is 0 Å². The minimum atomic E-state index is -0.530. The monoisotopic (exact) mass is 407 g/mol. The van der Waals surface area contributed by atoms with Crippen LogP contribution in [0.25, 0.3) is 11.0 Å². The van der Waals surface area contributed by atoms with Gasteiger partial charge in [-0.15, -0.1) is 0 Å². The Morgan fingerprint density at radius 3 is 2.57 bits per heavy atom. The van der Waals surface area contributed by atoms with Gasteiger partial charge in [-0.05, 0) is 24.5 Å². The number of benzene rings is 2. The van der Waals surface area contributed by atoms with E-state index in [1.54, 1.807) is 0 Å². The molecule has 1 fully saturated rings. The smallest absolute Gasteiger partial charge is 0.294 e. The molecule has 1 N–H and O–H groups in total. The lowest BCUT2D eigenvalue weighted by atomic mass is 10.2. The number of amides is 1. The zero-order valence-corrected chi connectivity index (χ0v) is 16.3. The minimum Gasteiger partial charge on any atom is -0.352 e. The van der Waals surface area contributed by atoms with Crippen LogP contribution in [0.1, 0.15) is 18.4 Å². The van der Waals surface area contributed by atoms with E-state index >= 15 is 0 Å². The molecule has 30 heavy (non-hydrogen) atoms. The molecule has 1 amide bonds. The molecule has 0 radical (unpaired) electrons. The Kier molecular flexibility index (Phi) is 5.42. The Morgan fingerprint density at radius 2 is 1.87 bits per heavy atom. The lowest BCUT2D eigenvalue weighted by molar-refractivity contribution is -0.384. The van der Waals surface area contributed by atoms with Crippen LogP contribution >= 0.6 is 0 Å². The fourth-order valence-corrected chi connectivity index (χ4v) is 3.62. The Hall–Kier alpha value is -3.75. The maximum atomic E-state index is 13.2. The summed E-state index contributed by atoms with van der Waals surface area (Å²) in [6, 6.07) is 13.6. The number of carbonyl (C=O) groups is 1. The Labute approximate surface area is 172 Å². The van der Waals surface area contributed by atoms with Gasteiger partial charge in [0.15, 0.2) is 5.82 Å². The van der Waals surface area contributed by atoms with Crippen molar-refractivity contribution < 1.29 is 9.72 Å². The van der Waals surface area contributed by atoms with E-state index < -0.39 is 10.5 Å². The predicted octanol–water partition coefficient (Wildman–Crippen LogP) is 2.22. The molecule has 0 aliphatic carbocycles. The van der Waals surface area contributed by atoms with Crippen molar-refractivity contribution >= 4 is 28.4 Å². The van der Waals surface area contributed by atoms with E-state index in [1.165, 1.54) is 22.8 Å². The van der Waals surface area contributed by atoms with Crippen molar-refractivity contribution in [2.24, 2.45) is 0 Å². The number of nitro groups is 1. The van der Waals surface area contributed by atoms with Crippen LogP contribution in [0.3, 0.4) is 0 Å². The first-order valence-electron chi connectivity index (χ1n) is 9.77. The van der Waals surface area contributed by atoms with Crippen molar-refractivity contribution in [3.8, 4) is 0 Å². The number of rotatable bonds is 6. The Bertz CT molecular complexity index is 1150. The second-order valence-electron chi connectivity index (χ2n) is 7.21. The number of carbonyl (C=O) groups excluding carboxylic acids is 1. The highest BCUT2D eigenvalue weighted by atomic mass is 16.6. The third kappa shape index (κ3) is 4.00. The molecule has 2 heterocycles. The molecular weight excluding hydrogens is 386 g/mol. The van der Waals surface area contributed by atoms with Gasteiger partial charge in [-0.3, -0.25) is 24.3 Å². The SMILES string of the molecule is O=C(Cn1c(=O)c(N2CCCC2)nc2ccc([N+](=O)[O-])cc21)NCc1ccccc1. The standard InChI is InChI=1S/C21H21N5O4/c27-19(22-13-15-6-2-1-3-7-15)14-25-18-12-16(26(29)30)8-9-17(18)23-20(21(25)28)24-10-4-5-11-24/h1-3,6-9,12H,4-5,10-11,13-14H2,(H,22,27). The van der Waals surface area contributed by atoms with Crippen molar-refractivity contribution in [1.29, 1.82) is 0 Å². The topological polar surface area (TPSA) is 110 Å². The number of nitro benzene ring substituents is 1. The van der Waals surface area contributed by atoms with E-state index in [0.717, 1.165) is 31.5 Å². The Balaban J connectivity index is 1.70. The number of fused-ring (bicyclic) bond motifs is 1. The Morgan fingerprint density at radius 1 is 1.13 bits per heavy atom.